The quantitative estimate of drug-likeness (QED) is 0.590. The van der Waals surface area contributed by atoms with Gasteiger partial charge >= 0.3 is 0 Å². The maximum atomic E-state index is 13.5. The minimum atomic E-state index is -0.543. The zero-order chi connectivity index (χ0) is 22.6. The zero-order valence-corrected chi connectivity index (χ0v) is 19.4. The number of carbonyl (C=O) groups is 2. The second kappa shape index (κ2) is 9.65. The number of aromatic nitrogens is 1. The van der Waals surface area contributed by atoms with E-state index in [9.17, 15) is 9.59 Å². The predicted molar refractivity (Wildman–Crippen MR) is 129 cm³/mol. The molecule has 1 aliphatic heterocycles. The van der Waals surface area contributed by atoms with Gasteiger partial charge in [0.2, 0.25) is 5.91 Å². The van der Waals surface area contributed by atoms with E-state index in [4.69, 9.17) is 0 Å². The maximum absolute atomic E-state index is 13.5. The number of likely N-dealkylation sites (tertiary alicyclic amines) is 1. The lowest BCUT2D eigenvalue weighted by molar-refractivity contribution is -0.134. The highest BCUT2D eigenvalue weighted by Gasteiger charge is 2.43. The SMILES string of the molecule is CC(C)NC(=O)C1(Cc2ccccc2-c2cccs2)CCN(C(=O)c2ccccn2)CC1. The largest absolute Gasteiger partial charge is 0.353 e. The van der Waals surface area contributed by atoms with Crippen LogP contribution in [0.1, 0.15) is 42.7 Å². The minimum Gasteiger partial charge on any atom is -0.353 e. The van der Waals surface area contributed by atoms with Crippen molar-refractivity contribution in [2.75, 3.05) is 13.1 Å². The summed E-state index contributed by atoms with van der Waals surface area (Å²) in [6, 6.07) is 18.0. The van der Waals surface area contributed by atoms with Gasteiger partial charge in [-0.25, -0.2) is 0 Å². The van der Waals surface area contributed by atoms with Crippen molar-refractivity contribution in [2.24, 2.45) is 5.41 Å². The standard InChI is InChI=1S/C26H29N3O2S/c1-19(2)28-25(31)26(18-20-8-3-4-9-21(20)23-11-7-17-32-23)12-15-29(16-13-26)24(30)22-10-5-6-14-27-22/h3-11,14,17,19H,12-13,15-16,18H2,1-2H3,(H,28,31). The van der Waals surface area contributed by atoms with E-state index in [1.807, 2.05) is 36.9 Å². The predicted octanol–water partition coefficient (Wildman–Crippen LogP) is 4.80. The summed E-state index contributed by atoms with van der Waals surface area (Å²) >= 11 is 1.71. The van der Waals surface area contributed by atoms with Crippen molar-refractivity contribution in [3.05, 3.63) is 77.4 Å². The van der Waals surface area contributed by atoms with E-state index in [-0.39, 0.29) is 17.9 Å². The number of nitrogens with zero attached hydrogens (tertiary/aromatic N) is 2. The van der Waals surface area contributed by atoms with Crippen molar-refractivity contribution in [2.45, 2.75) is 39.2 Å². The topological polar surface area (TPSA) is 62.3 Å². The molecule has 4 rings (SSSR count). The fraction of sp³-hybridized carbons (Fsp3) is 0.346. The van der Waals surface area contributed by atoms with Gasteiger partial charge in [0, 0.05) is 30.2 Å². The average molecular weight is 448 g/mol. The van der Waals surface area contributed by atoms with Gasteiger partial charge in [-0.2, -0.15) is 0 Å². The van der Waals surface area contributed by atoms with E-state index in [2.05, 4.69) is 39.9 Å². The summed E-state index contributed by atoms with van der Waals surface area (Å²) in [6.45, 7) is 5.07. The molecule has 0 spiro atoms. The van der Waals surface area contributed by atoms with E-state index in [0.29, 0.717) is 38.0 Å². The lowest BCUT2D eigenvalue weighted by Crippen LogP contribution is -2.52. The molecule has 2 amide bonds. The van der Waals surface area contributed by atoms with Crippen molar-refractivity contribution in [1.29, 1.82) is 0 Å². The molecular formula is C26H29N3O2S. The van der Waals surface area contributed by atoms with E-state index in [1.165, 1.54) is 16.0 Å². The number of rotatable bonds is 6. The van der Waals surface area contributed by atoms with Crippen LogP contribution in [0.4, 0.5) is 0 Å². The summed E-state index contributed by atoms with van der Waals surface area (Å²) < 4.78 is 0. The lowest BCUT2D eigenvalue weighted by atomic mass is 9.72. The molecule has 0 bridgehead atoms. The van der Waals surface area contributed by atoms with Gasteiger partial charge < -0.3 is 10.2 Å². The summed E-state index contributed by atoms with van der Waals surface area (Å²) in [6.07, 6.45) is 3.55. The Labute approximate surface area is 193 Å². The number of pyridine rings is 1. The Kier molecular flexibility index (Phi) is 6.70. The molecule has 166 valence electrons. The number of piperidine rings is 1. The van der Waals surface area contributed by atoms with Gasteiger partial charge in [-0.15, -0.1) is 11.3 Å². The van der Waals surface area contributed by atoms with Crippen LogP contribution in [0.5, 0.6) is 0 Å². The lowest BCUT2D eigenvalue weighted by Gasteiger charge is -2.41. The molecule has 0 radical (unpaired) electrons. The third-order valence-electron chi connectivity index (χ3n) is 6.13. The number of nitrogens with one attached hydrogen (secondary N) is 1. The molecule has 0 atom stereocenters. The Bertz CT molecular complexity index is 1060. The molecule has 2 aromatic heterocycles. The van der Waals surface area contributed by atoms with Crippen LogP contribution in [0.2, 0.25) is 0 Å². The molecular weight excluding hydrogens is 418 g/mol. The summed E-state index contributed by atoms with van der Waals surface area (Å²) in [5.74, 6) is 0.0147. The number of hydrogen-bond donors (Lipinski definition) is 1. The molecule has 0 unspecified atom stereocenters. The maximum Gasteiger partial charge on any atom is 0.272 e. The van der Waals surface area contributed by atoms with Crippen molar-refractivity contribution in [3.63, 3.8) is 0 Å². The number of amides is 2. The Morgan fingerprint density at radius 2 is 1.81 bits per heavy atom. The molecule has 3 aromatic rings. The number of hydrogen-bond acceptors (Lipinski definition) is 4. The molecule has 1 aromatic carbocycles. The number of thiophene rings is 1. The van der Waals surface area contributed by atoms with Crippen molar-refractivity contribution >= 4 is 23.2 Å². The van der Waals surface area contributed by atoms with Crippen LogP contribution in [0.25, 0.3) is 10.4 Å². The van der Waals surface area contributed by atoms with Crippen molar-refractivity contribution < 1.29 is 9.59 Å². The van der Waals surface area contributed by atoms with Crippen LogP contribution in [0, 0.1) is 5.41 Å². The van der Waals surface area contributed by atoms with Crippen LogP contribution < -0.4 is 5.32 Å². The normalized spacial score (nSPS) is 15.5. The third-order valence-corrected chi connectivity index (χ3v) is 7.03. The monoisotopic (exact) mass is 447 g/mol. The van der Waals surface area contributed by atoms with Gasteiger partial charge in [0.05, 0.1) is 5.41 Å². The molecule has 32 heavy (non-hydrogen) atoms. The minimum absolute atomic E-state index is 0.0672. The van der Waals surface area contributed by atoms with E-state index in [0.717, 1.165) is 0 Å². The smallest absolute Gasteiger partial charge is 0.272 e. The van der Waals surface area contributed by atoms with Gasteiger partial charge in [-0.3, -0.25) is 14.6 Å². The molecule has 1 saturated heterocycles. The molecule has 0 saturated carbocycles. The molecule has 1 fully saturated rings. The first-order chi connectivity index (χ1) is 15.5. The summed E-state index contributed by atoms with van der Waals surface area (Å²) in [5.41, 5.74) is 2.28. The van der Waals surface area contributed by atoms with Crippen molar-refractivity contribution in [1.82, 2.24) is 15.2 Å². The number of carbonyl (C=O) groups excluding carboxylic acids is 2. The Morgan fingerprint density at radius 3 is 2.47 bits per heavy atom. The second-order valence-corrected chi connectivity index (χ2v) is 9.67. The van der Waals surface area contributed by atoms with Gasteiger partial charge in [-0.05, 0) is 67.8 Å². The van der Waals surface area contributed by atoms with Gasteiger partial charge in [-0.1, -0.05) is 36.4 Å². The first-order valence-electron chi connectivity index (χ1n) is 11.1. The van der Waals surface area contributed by atoms with E-state index in [1.54, 1.807) is 29.7 Å². The molecule has 1 N–H and O–H groups in total. The first-order valence-corrected chi connectivity index (χ1v) is 12.0. The third kappa shape index (κ3) is 4.75. The highest BCUT2D eigenvalue weighted by Crippen LogP contribution is 2.39. The average Bonchev–Trinajstić information content (AvgIpc) is 3.34. The highest BCUT2D eigenvalue weighted by atomic mass is 32.1. The van der Waals surface area contributed by atoms with Gasteiger partial charge in [0.25, 0.3) is 5.91 Å². The van der Waals surface area contributed by atoms with E-state index < -0.39 is 5.41 Å². The molecule has 5 nitrogen and oxygen atoms in total. The van der Waals surface area contributed by atoms with Crippen molar-refractivity contribution in [3.8, 4) is 10.4 Å². The van der Waals surface area contributed by atoms with E-state index >= 15 is 0 Å². The zero-order valence-electron chi connectivity index (χ0n) is 18.6. The first kappa shape index (κ1) is 22.2. The fourth-order valence-corrected chi connectivity index (χ4v) is 5.19. The molecule has 0 aliphatic carbocycles. The van der Waals surface area contributed by atoms with Crippen LogP contribution in [-0.4, -0.2) is 40.8 Å². The molecule has 3 heterocycles. The fourth-order valence-electron chi connectivity index (χ4n) is 4.40. The molecule has 1 aliphatic rings. The van der Waals surface area contributed by atoms with Crippen LogP contribution >= 0.6 is 11.3 Å². The van der Waals surface area contributed by atoms with Crippen LogP contribution in [0.15, 0.2) is 66.2 Å². The van der Waals surface area contributed by atoms with Crippen LogP contribution in [0.3, 0.4) is 0 Å². The Morgan fingerprint density at radius 1 is 1.06 bits per heavy atom. The van der Waals surface area contributed by atoms with Crippen LogP contribution in [-0.2, 0) is 11.2 Å². The van der Waals surface area contributed by atoms with Gasteiger partial charge in [0.1, 0.15) is 5.69 Å². The second-order valence-electron chi connectivity index (χ2n) is 8.73. The highest BCUT2D eigenvalue weighted by molar-refractivity contribution is 7.13. The van der Waals surface area contributed by atoms with Gasteiger partial charge in [0.15, 0.2) is 0 Å². The summed E-state index contributed by atoms with van der Waals surface area (Å²) in [7, 11) is 0. The summed E-state index contributed by atoms with van der Waals surface area (Å²) in [4.78, 5) is 33.6. The molecule has 6 heteroatoms. The summed E-state index contributed by atoms with van der Waals surface area (Å²) in [5, 5.41) is 5.23. The number of benzene rings is 1. The Balaban J connectivity index is 1.59. The Hall–Kier alpha value is -2.99.